The maximum Gasteiger partial charge on any atom is 4.00 e. The molecule has 0 fully saturated rings. The molecule has 0 bridgehead atoms. The van der Waals surface area contributed by atoms with Gasteiger partial charge >= 0.3 is 43.4 Å². The predicted molar refractivity (Wildman–Crippen MR) is 30.3 cm³/mol. The zero-order valence-electron chi connectivity index (χ0n) is 6.97. The third-order valence-electron chi connectivity index (χ3n) is 0. The minimum atomic E-state index is -0.417. The van der Waals surface area contributed by atoms with E-state index in [0.717, 1.165) is 0 Å². The van der Waals surface area contributed by atoms with Gasteiger partial charge in [-0.25, -0.2) is 0 Å². The predicted octanol–water partition coefficient (Wildman–Crippen LogP) is -0.495. The summed E-state index contributed by atoms with van der Waals surface area (Å²) in [6.07, 6.45) is -0.833. The Morgan fingerprint density at radius 2 is 0.700 bits per heavy atom. The molecule has 0 aromatic heterocycles. The van der Waals surface area contributed by atoms with Crippen LogP contribution in [0.15, 0.2) is 0 Å². The van der Waals surface area contributed by atoms with Crippen molar-refractivity contribution in [2.24, 2.45) is 0 Å². The fourth-order valence-electron chi connectivity index (χ4n) is 0. The first-order valence-electron chi connectivity index (χ1n) is 2.78. The summed E-state index contributed by atoms with van der Waals surface area (Å²) in [6.45, 7) is 6.44. The van der Waals surface area contributed by atoms with Crippen molar-refractivity contribution in [1.29, 1.82) is 0 Å². The molecule has 0 amide bonds. The van der Waals surface area contributed by atoms with Gasteiger partial charge in [-0.15, -0.1) is 12.2 Å². The van der Waals surface area contributed by atoms with E-state index in [2.05, 4.69) is 0 Å². The van der Waals surface area contributed by atoms with E-state index < -0.39 is 12.2 Å². The smallest absolute Gasteiger partial charge is 0.852 e. The van der Waals surface area contributed by atoms with Crippen LogP contribution >= 0.6 is 0 Å². The Morgan fingerprint density at radius 3 is 0.700 bits per heavy atom. The summed E-state index contributed by atoms with van der Waals surface area (Å²) in [5, 5.41) is 19.1. The van der Waals surface area contributed by atoms with Gasteiger partial charge in [-0.2, -0.15) is 0 Å². The van der Waals surface area contributed by atoms with Crippen molar-refractivity contribution in [3.8, 4) is 0 Å². The molecule has 0 aliphatic carbocycles. The molecule has 0 heterocycles. The van der Waals surface area contributed by atoms with Crippen LogP contribution in [0.3, 0.4) is 0 Å². The maximum absolute atomic E-state index is 9.53. The Balaban J connectivity index is -0.0000000300. The number of hydrogen-bond acceptors (Lipinski definition) is 2. The van der Waals surface area contributed by atoms with Crippen molar-refractivity contribution in [2.75, 3.05) is 0 Å². The molecule has 0 aliphatic heterocycles. The van der Waals surface area contributed by atoms with Crippen molar-refractivity contribution in [3.63, 3.8) is 0 Å². The second-order valence-electron chi connectivity index (χ2n) is 2.10. The van der Waals surface area contributed by atoms with Crippen molar-refractivity contribution in [2.45, 2.75) is 39.9 Å². The molecule has 0 N–H and O–H groups in total. The second-order valence-corrected chi connectivity index (χ2v) is 2.10. The largest absolute Gasteiger partial charge is 4.00 e. The molecule has 0 saturated carbocycles. The quantitative estimate of drug-likeness (QED) is 0.510. The number of hydrogen-bond donors (Lipinski definition) is 0. The van der Waals surface area contributed by atoms with Crippen LogP contribution in [-0.4, -0.2) is 12.2 Å². The molecule has 0 aromatic carbocycles. The van der Waals surface area contributed by atoms with Crippen LogP contribution in [0, 0.1) is 0 Å². The summed E-state index contributed by atoms with van der Waals surface area (Å²) in [4.78, 5) is 0. The summed E-state index contributed by atoms with van der Waals surface area (Å²) >= 11 is 0. The first-order chi connectivity index (χ1) is 3.46. The first-order valence-corrected chi connectivity index (χ1v) is 2.78. The van der Waals surface area contributed by atoms with Gasteiger partial charge in [0.1, 0.15) is 0 Å². The van der Waals surface area contributed by atoms with Crippen LogP contribution in [0.25, 0.3) is 0 Å². The van der Waals surface area contributed by atoms with Gasteiger partial charge in [-0.3, -0.25) is 0 Å². The molecule has 4 heteroatoms. The molecule has 0 aromatic rings. The van der Waals surface area contributed by atoms with Crippen LogP contribution in [0.5, 0.6) is 0 Å². The van der Waals surface area contributed by atoms with E-state index in [1.807, 2.05) is 0 Å². The summed E-state index contributed by atoms with van der Waals surface area (Å²) in [6, 6.07) is 0. The Hall–Kier alpha value is 1.35. The van der Waals surface area contributed by atoms with Crippen molar-refractivity contribution >= 4 is 0 Å². The molecule has 0 radical (unpaired) electrons. The van der Waals surface area contributed by atoms with E-state index in [1.165, 1.54) is 0 Å². The van der Waals surface area contributed by atoms with Crippen LogP contribution in [0.1, 0.15) is 27.7 Å². The van der Waals surface area contributed by atoms with E-state index in [9.17, 15) is 10.2 Å². The van der Waals surface area contributed by atoms with Crippen molar-refractivity contribution in [3.05, 3.63) is 0 Å². The van der Waals surface area contributed by atoms with Gasteiger partial charge in [0.15, 0.2) is 0 Å². The molecule has 0 spiro atoms. The maximum atomic E-state index is 9.53. The van der Waals surface area contributed by atoms with Crippen molar-refractivity contribution in [1.82, 2.24) is 0 Å². The summed E-state index contributed by atoms with van der Waals surface area (Å²) in [5.41, 5.74) is 0. The third kappa shape index (κ3) is 358. The summed E-state index contributed by atoms with van der Waals surface area (Å²) in [5.74, 6) is 0. The fraction of sp³-hybridized carbons (Fsp3) is 1.00. The minimum absolute atomic E-state index is 0. The van der Waals surface area contributed by atoms with E-state index in [-0.39, 0.29) is 43.4 Å². The Labute approximate surface area is 93.2 Å². The van der Waals surface area contributed by atoms with Gasteiger partial charge in [0.05, 0.1) is 0 Å². The zero-order chi connectivity index (χ0) is 7.15. The molecule has 0 saturated heterocycles. The average Bonchev–Trinajstić information content (AvgIpc) is 1.25. The number of rotatable bonds is 0. The van der Waals surface area contributed by atoms with Crippen LogP contribution in [0.4, 0.5) is 0 Å². The normalized spacial score (nSPS) is 7.20. The van der Waals surface area contributed by atoms with E-state index in [4.69, 9.17) is 0 Å². The van der Waals surface area contributed by atoms with E-state index >= 15 is 0 Å². The molecular formula is C6H14O2Ti2+6. The molecular weight excluding hydrogens is 200 g/mol. The fourth-order valence-corrected chi connectivity index (χ4v) is 0. The van der Waals surface area contributed by atoms with Crippen molar-refractivity contribution < 1.29 is 53.6 Å². The molecule has 0 atom stereocenters. The molecule has 10 heavy (non-hydrogen) atoms. The van der Waals surface area contributed by atoms with Crippen LogP contribution in [0.2, 0.25) is 0 Å². The molecule has 0 aliphatic rings. The second kappa shape index (κ2) is 16.7. The topological polar surface area (TPSA) is 46.1 Å². The molecule has 0 unspecified atom stereocenters. The van der Waals surface area contributed by atoms with Gasteiger partial charge < -0.3 is 10.2 Å². The SMILES string of the molecule is CC(C)[O-].CC(C)[O-].[Ti+4].[Ti+4]. The molecule has 52 valence electrons. The van der Waals surface area contributed by atoms with Gasteiger partial charge in [0.25, 0.3) is 0 Å². The van der Waals surface area contributed by atoms with Crippen LogP contribution in [-0.2, 0) is 43.4 Å². The Bertz CT molecular complexity index is 29.2. The molecule has 0 rings (SSSR count). The monoisotopic (exact) mass is 214 g/mol. The van der Waals surface area contributed by atoms with Gasteiger partial charge in [0.2, 0.25) is 0 Å². The Kier molecular flexibility index (Phi) is 37.7. The molecule has 2 nitrogen and oxygen atoms in total. The average molecular weight is 214 g/mol. The minimum Gasteiger partial charge on any atom is -0.852 e. The zero-order valence-corrected chi connectivity index (χ0v) is 10.1. The first kappa shape index (κ1) is 22.5. The Morgan fingerprint density at radius 1 is 0.700 bits per heavy atom. The van der Waals surface area contributed by atoms with E-state index in [0.29, 0.717) is 0 Å². The summed E-state index contributed by atoms with van der Waals surface area (Å²) in [7, 11) is 0. The standard InChI is InChI=1S/2C3H7O.2Ti/c2*1-3(2)4;;/h2*3H,1-2H3;;/q2*-1;2*+4. The van der Waals surface area contributed by atoms with Gasteiger partial charge in [-0.05, 0) is 0 Å². The van der Waals surface area contributed by atoms with Gasteiger partial charge in [-0.1, -0.05) is 27.7 Å². The van der Waals surface area contributed by atoms with Gasteiger partial charge in [0, 0.05) is 0 Å². The van der Waals surface area contributed by atoms with E-state index in [1.54, 1.807) is 27.7 Å². The third-order valence-corrected chi connectivity index (χ3v) is 0. The van der Waals surface area contributed by atoms with Crippen LogP contribution < -0.4 is 10.2 Å². The summed E-state index contributed by atoms with van der Waals surface area (Å²) < 4.78 is 0.